The van der Waals surface area contributed by atoms with Gasteiger partial charge in [0.25, 0.3) is 0 Å². The maximum Gasteiger partial charge on any atom is 0.327 e. The minimum absolute atomic E-state index is 0.202. The fourth-order valence-electron chi connectivity index (χ4n) is 3.65. The van der Waals surface area contributed by atoms with Crippen molar-refractivity contribution in [1.82, 2.24) is 10.2 Å². The molecule has 27 heavy (non-hydrogen) atoms. The predicted molar refractivity (Wildman–Crippen MR) is 105 cm³/mol. The molecule has 2 aliphatic heterocycles. The Bertz CT molecular complexity index is 767. The quantitative estimate of drug-likeness (QED) is 0.554. The van der Waals surface area contributed by atoms with Crippen molar-refractivity contribution in [3.8, 4) is 0 Å². The van der Waals surface area contributed by atoms with E-state index >= 15 is 0 Å². The highest BCUT2D eigenvalue weighted by molar-refractivity contribution is 8.01. The maximum absolute atomic E-state index is 12.6. The standard InChI is InChI=1S/C19H23ClN2O4S/c1-10(8-11-4-6-12(9-20)7-5-11)15(23)21-13-16(24)22-14(18(25)26)19(2,3)27-17(13)22/h4-7,10,13-14,17H,8-9H2,1-3H3,(H,21,23)(H,25,26). The molecule has 4 unspecified atom stereocenters. The number of amides is 2. The van der Waals surface area contributed by atoms with Gasteiger partial charge >= 0.3 is 5.97 Å². The van der Waals surface area contributed by atoms with E-state index in [2.05, 4.69) is 5.32 Å². The van der Waals surface area contributed by atoms with Crippen LogP contribution in [0.4, 0.5) is 0 Å². The van der Waals surface area contributed by atoms with Crippen molar-refractivity contribution in [3.05, 3.63) is 35.4 Å². The van der Waals surface area contributed by atoms with E-state index in [1.54, 1.807) is 0 Å². The van der Waals surface area contributed by atoms with Crippen LogP contribution in [0.2, 0.25) is 0 Å². The number of hydrogen-bond acceptors (Lipinski definition) is 4. The highest BCUT2D eigenvalue weighted by Gasteiger charge is 2.64. The molecule has 2 saturated heterocycles. The van der Waals surface area contributed by atoms with Crippen molar-refractivity contribution in [3.63, 3.8) is 0 Å². The average molecular weight is 411 g/mol. The number of nitrogens with one attached hydrogen (secondary N) is 1. The van der Waals surface area contributed by atoms with E-state index in [1.165, 1.54) is 16.7 Å². The Kier molecular flexibility index (Phi) is 5.45. The summed E-state index contributed by atoms with van der Waals surface area (Å²) < 4.78 is -0.596. The second kappa shape index (κ2) is 7.36. The zero-order chi connectivity index (χ0) is 19.9. The highest BCUT2D eigenvalue weighted by Crippen LogP contribution is 2.50. The van der Waals surface area contributed by atoms with E-state index in [-0.39, 0.29) is 23.1 Å². The number of rotatable bonds is 6. The lowest BCUT2D eigenvalue weighted by Crippen LogP contribution is -2.71. The molecule has 3 rings (SSSR count). The number of carbonyl (C=O) groups excluding carboxylic acids is 2. The van der Waals surface area contributed by atoms with Crippen LogP contribution in [0.1, 0.15) is 31.9 Å². The number of thioether (sulfide) groups is 1. The lowest BCUT2D eigenvalue weighted by Gasteiger charge is -2.43. The first-order valence-electron chi connectivity index (χ1n) is 8.82. The first kappa shape index (κ1) is 20.0. The summed E-state index contributed by atoms with van der Waals surface area (Å²) in [6.07, 6.45) is 0.556. The summed E-state index contributed by atoms with van der Waals surface area (Å²) >= 11 is 7.21. The Morgan fingerprint density at radius 1 is 1.30 bits per heavy atom. The number of benzene rings is 1. The highest BCUT2D eigenvalue weighted by atomic mass is 35.5. The number of aliphatic carboxylic acids is 1. The molecule has 0 aromatic heterocycles. The third-order valence-electron chi connectivity index (χ3n) is 5.14. The molecule has 1 aromatic carbocycles. The van der Waals surface area contributed by atoms with E-state index in [9.17, 15) is 19.5 Å². The van der Waals surface area contributed by atoms with E-state index in [0.717, 1.165) is 11.1 Å². The molecule has 2 amide bonds. The monoisotopic (exact) mass is 410 g/mol. The van der Waals surface area contributed by atoms with Crippen molar-refractivity contribution in [1.29, 1.82) is 0 Å². The fourth-order valence-corrected chi connectivity index (χ4v) is 5.46. The van der Waals surface area contributed by atoms with Crippen LogP contribution < -0.4 is 5.32 Å². The summed E-state index contributed by atoms with van der Waals surface area (Å²) in [7, 11) is 0. The van der Waals surface area contributed by atoms with Gasteiger partial charge in [-0.25, -0.2) is 4.79 Å². The zero-order valence-corrected chi connectivity index (χ0v) is 17.0. The third-order valence-corrected chi connectivity index (χ3v) is 7.02. The zero-order valence-electron chi connectivity index (χ0n) is 15.4. The van der Waals surface area contributed by atoms with Gasteiger partial charge in [0, 0.05) is 16.5 Å². The summed E-state index contributed by atoms with van der Waals surface area (Å²) in [5.41, 5.74) is 2.04. The lowest BCUT2D eigenvalue weighted by molar-refractivity contribution is -0.161. The molecule has 0 bridgehead atoms. The molecular formula is C19H23ClN2O4S. The van der Waals surface area contributed by atoms with Crippen LogP contribution in [0.25, 0.3) is 0 Å². The van der Waals surface area contributed by atoms with Gasteiger partial charge < -0.3 is 15.3 Å². The Balaban J connectivity index is 1.61. The van der Waals surface area contributed by atoms with Crippen LogP contribution in [-0.2, 0) is 26.7 Å². The van der Waals surface area contributed by atoms with E-state index in [1.807, 2.05) is 45.0 Å². The topological polar surface area (TPSA) is 86.7 Å². The summed E-state index contributed by atoms with van der Waals surface area (Å²) in [6, 6.07) is 6.24. The van der Waals surface area contributed by atoms with Crippen LogP contribution in [0.3, 0.4) is 0 Å². The second-order valence-electron chi connectivity index (χ2n) is 7.64. The fraction of sp³-hybridized carbons (Fsp3) is 0.526. The predicted octanol–water partition coefficient (Wildman–Crippen LogP) is 2.24. The van der Waals surface area contributed by atoms with Crippen LogP contribution >= 0.6 is 23.4 Å². The molecule has 2 heterocycles. The molecule has 4 atom stereocenters. The van der Waals surface area contributed by atoms with Gasteiger partial charge in [0.15, 0.2) is 0 Å². The van der Waals surface area contributed by atoms with Gasteiger partial charge in [-0.3, -0.25) is 9.59 Å². The number of halogens is 1. The Morgan fingerprint density at radius 2 is 1.89 bits per heavy atom. The smallest absolute Gasteiger partial charge is 0.327 e. The maximum atomic E-state index is 12.6. The van der Waals surface area contributed by atoms with Gasteiger partial charge in [-0.2, -0.15) is 0 Å². The molecule has 0 spiro atoms. The van der Waals surface area contributed by atoms with Gasteiger partial charge in [0.1, 0.15) is 17.5 Å². The lowest BCUT2D eigenvalue weighted by atomic mass is 9.95. The third kappa shape index (κ3) is 3.67. The Hall–Kier alpha value is -1.73. The number of carbonyl (C=O) groups is 3. The number of hydrogen-bond donors (Lipinski definition) is 2. The largest absolute Gasteiger partial charge is 0.480 e. The van der Waals surface area contributed by atoms with E-state index in [0.29, 0.717) is 12.3 Å². The van der Waals surface area contributed by atoms with Crippen LogP contribution in [-0.4, -0.2) is 50.0 Å². The van der Waals surface area contributed by atoms with Crippen LogP contribution in [0, 0.1) is 5.92 Å². The minimum Gasteiger partial charge on any atom is -0.480 e. The van der Waals surface area contributed by atoms with Crippen molar-refractivity contribution in [2.24, 2.45) is 5.92 Å². The van der Waals surface area contributed by atoms with Gasteiger partial charge in [-0.05, 0) is 31.4 Å². The van der Waals surface area contributed by atoms with Crippen molar-refractivity contribution in [2.75, 3.05) is 0 Å². The van der Waals surface area contributed by atoms with Gasteiger partial charge in [-0.1, -0.05) is 31.2 Å². The van der Waals surface area contributed by atoms with Gasteiger partial charge in [0.05, 0.1) is 0 Å². The summed E-state index contributed by atoms with van der Waals surface area (Å²) in [5, 5.41) is 11.9. The van der Waals surface area contributed by atoms with Crippen LogP contribution in [0.5, 0.6) is 0 Å². The second-order valence-corrected chi connectivity index (χ2v) is 9.68. The van der Waals surface area contributed by atoms with Gasteiger partial charge in [0.2, 0.25) is 11.8 Å². The Labute approximate surface area is 167 Å². The first-order valence-corrected chi connectivity index (χ1v) is 10.2. The SMILES string of the molecule is CC(Cc1ccc(CCl)cc1)C(=O)NC1C(=O)N2C1SC(C)(C)C2C(=O)O. The molecule has 6 nitrogen and oxygen atoms in total. The molecule has 2 fully saturated rings. The normalized spacial score (nSPS) is 26.9. The average Bonchev–Trinajstić information content (AvgIpc) is 2.88. The number of nitrogens with zero attached hydrogens (tertiary/aromatic N) is 1. The first-order chi connectivity index (χ1) is 12.7. The van der Waals surface area contributed by atoms with Gasteiger partial charge in [-0.15, -0.1) is 23.4 Å². The molecule has 0 saturated carbocycles. The molecular weight excluding hydrogens is 388 g/mol. The number of β-lactam (4-membered cyclic amide) rings is 1. The van der Waals surface area contributed by atoms with E-state index < -0.39 is 22.8 Å². The molecule has 0 aliphatic carbocycles. The summed E-state index contributed by atoms with van der Waals surface area (Å²) in [5.74, 6) is -1.39. The van der Waals surface area contributed by atoms with Crippen LogP contribution in [0.15, 0.2) is 24.3 Å². The number of fused-ring (bicyclic) bond motifs is 1. The molecule has 8 heteroatoms. The molecule has 0 radical (unpaired) electrons. The number of carboxylic acids is 1. The molecule has 146 valence electrons. The van der Waals surface area contributed by atoms with E-state index in [4.69, 9.17) is 11.6 Å². The summed E-state index contributed by atoms with van der Waals surface area (Å²) in [6.45, 7) is 5.44. The minimum atomic E-state index is -1.01. The molecule has 1 aromatic rings. The Morgan fingerprint density at radius 3 is 2.44 bits per heavy atom. The summed E-state index contributed by atoms with van der Waals surface area (Å²) in [4.78, 5) is 37.9. The number of carboxylic acid groups (broad SMARTS) is 1. The van der Waals surface area contributed by atoms with Crippen molar-refractivity contribution in [2.45, 2.75) is 55.3 Å². The van der Waals surface area contributed by atoms with Crippen molar-refractivity contribution < 1.29 is 19.5 Å². The number of alkyl halides is 1. The van der Waals surface area contributed by atoms with Crippen molar-refractivity contribution >= 4 is 41.1 Å². The molecule has 2 N–H and O–H groups in total. The molecule has 2 aliphatic rings.